The predicted octanol–water partition coefficient (Wildman–Crippen LogP) is -0.338. The standard InChI is InChI=1S/C12H16N2O3/c15-10-7-14(8-11(10)16)12(17)6-13-9-4-2-1-3-5-9/h1-5,10-11,13,15-16H,6-8H2/t10-,11+. The number of aliphatic hydroxyl groups excluding tert-OH is 2. The van der Waals surface area contributed by atoms with Crippen molar-refractivity contribution >= 4 is 11.6 Å². The van der Waals surface area contributed by atoms with Gasteiger partial charge in [0.2, 0.25) is 5.91 Å². The number of para-hydroxylation sites is 1. The van der Waals surface area contributed by atoms with Crippen LogP contribution in [0.25, 0.3) is 0 Å². The van der Waals surface area contributed by atoms with E-state index in [1.165, 1.54) is 4.90 Å². The first kappa shape index (κ1) is 11.9. The van der Waals surface area contributed by atoms with Crippen LogP contribution in [0.3, 0.4) is 0 Å². The molecule has 0 bridgehead atoms. The summed E-state index contributed by atoms with van der Waals surface area (Å²) in [5.74, 6) is -0.121. The minimum absolute atomic E-state index is 0.121. The molecule has 0 unspecified atom stereocenters. The molecule has 1 amide bonds. The van der Waals surface area contributed by atoms with Crippen LogP contribution in [0.4, 0.5) is 5.69 Å². The lowest BCUT2D eigenvalue weighted by Crippen LogP contribution is -2.34. The van der Waals surface area contributed by atoms with E-state index >= 15 is 0 Å². The van der Waals surface area contributed by atoms with Gasteiger partial charge in [-0.3, -0.25) is 4.79 Å². The van der Waals surface area contributed by atoms with Gasteiger partial charge in [-0.15, -0.1) is 0 Å². The molecule has 1 aliphatic rings. The number of amides is 1. The first-order valence-electron chi connectivity index (χ1n) is 5.59. The van der Waals surface area contributed by atoms with Crippen molar-refractivity contribution in [3.8, 4) is 0 Å². The van der Waals surface area contributed by atoms with E-state index in [-0.39, 0.29) is 25.5 Å². The zero-order valence-corrected chi connectivity index (χ0v) is 9.41. The highest BCUT2D eigenvalue weighted by molar-refractivity contribution is 5.81. The number of rotatable bonds is 3. The number of carbonyl (C=O) groups excluding carboxylic acids is 1. The Labute approximate surface area is 99.7 Å². The van der Waals surface area contributed by atoms with Crippen LogP contribution in [-0.4, -0.2) is 52.9 Å². The maximum absolute atomic E-state index is 11.8. The Kier molecular flexibility index (Phi) is 3.61. The molecule has 92 valence electrons. The number of anilines is 1. The van der Waals surface area contributed by atoms with E-state index in [1.807, 2.05) is 30.3 Å². The third-order valence-corrected chi connectivity index (χ3v) is 2.83. The first-order chi connectivity index (χ1) is 8.16. The minimum Gasteiger partial charge on any atom is -0.388 e. The Morgan fingerprint density at radius 2 is 1.82 bits per heavy atom. The smallest absolute Gasteiger partial charge is 0.242 e. The zero-order valence-electron chi connectivity index (χ0n) is 9.41. The molecule has 0 saturated carbocycles. The molecule has 3 N–H and O–H groups in total. The van der Waals surface area contributed by atoms with Gasteiger partial charge in [0, 0.05) is 18.8 Å². The molecule has 0 radical (unpaired) electrons. The normalized spacial score (nSPS) is 23.8. The zero-order chi connectivity index (χ0) is 12.3. The van der Waals surface area contributed by atoms with E-state index in [4.69, 9.17) is 0 Å². The summed E-state index contributed by atoms with van der Waals surface area (Å²) >= 11 is 0. The molecule has 2 rings (SSSR count). The van der Waals surface area contributed by atoms with Gasteiger partial charge >= 0.3 is 0 Å². The molecule has 0 spiro atoms. The van der Waals surface area contributed by atoms with E-state index in [2.05, 4.69) is 5.32 Å². The molecule has 5 nitrogen and oxygen atoms in total. The Hall–Kier alpha value is -1.59. The van der Waals surface area contributed by atoms with Crippen molar-refractivity contribution < 1.29 is 15.0 Å². The summed E-state index contributed by atoms with van der Waals surface area (Å²) in [7, 11) is 0. The number of aliphatic hydroxyl groups is 2. The van der Waals surface area contributed by atoms with Crippen LogP contribution in [0.15, 0.2) is 30.3 Å². The van der Waals surface area contributed by atoms with Gasteiger partial charge in [-0.1, -0.05) is 18.2 Å². The molecular weight excluding hydrogens is 220 g/mol. The topological polar surface area (TPSA) is 72.8 Å². The molecular formula is C12H16N2O3. The van der Waals surface area contributed by atoms with Crippen LogP contribution in [0.2, 0.25) is 0 Å². The molecule has 0 aliphatic carbocycles. The quantitative estimate of drug-likeness (QED) is 0.671. The molecule has 5 heteroatoms. The summed E-state index contributed by atoms with van der Waals surface area (Å²) < 4.78 is 0. The van der Waals surface area contributed by atoms with Gasteiger partial charge in [0.1, 0.15) is 0 Å². The van der Waals surface area contributed by atoms with Crippen molar-refractivity contribution in [2.24, 2.45) is 0 Å². The van der Waals surface area contributed by atoms with Crippen LogP contribution in [0, 0.1) is 0 Å². The van der Waals surface area contributed by atoms with Crippen LogP contribution in [0.5, 0.6) is 0 Å². The van der Waals surface area contributed by atoms with Gasteiger partial charge < -0.3 is 20.4 Å². The molecule has 2 atom stereocenters. The minimum atomic E-state index is -0.823. The summed E-state index contributed by atoms with van der Waals surface area (Å²) in [6.07, 6.45) is -1.65. The van der Waals surface area contributed by atoms with Crippen LogP contribution in [-0.2, 0) is 4.79 Å². The van der Waals surface area contributed by atoms with Gasteiger partial charge in [0.15, 0.2) is 0 Å². The molecule has 1 aromatic carbocycles. The number of likely N-dealkylation sites (tertiary alicyclic amines) is 1. The van der Waals surface area contributed by atoms with Gasteiger partial charge in [-0.2, -0.15) is 0 Å². The average molecular weight is 236 g/mol. The number of hydrogen-bond acceptors (Lipinski definition) is 4. The fourth-order valence-electron chi connectivity index (χ4n) is 1.82. The summed E-state index contributed by atoms with van der Waals surface area (Å²) in [6.45, 7) is 0.580. The van der Waals surface area contributed by atoms with Gasteiger partial charge in [-0.25, -0.2) is 0 Å². The number of benzene rings is 1. The largest absolute Gasteiger partial charge is 0.388 e. The lowest BCUT2D eigenvalue weighted by atomic mass is 10.3. The summed E-state index contributed by atoms with van der Waals surface area (Å²) in [5.41, 5.74) is 0.876. The van der Waals surface area contributed by atoms with Gasteiger partial charge in [0.05, 0.1) is 18.8 Å². The Bertz CT molecular complexity index is 373. The Morgan fingerprint density at radius 3 is 2.41 bits per heavy atom. The molecule has 1 aliphatic heterocycles. The second-order valence-electron chi connectivity index (χ2n) is 4.15. The summed E-state index contributed by atoms with van der Waals surface area (Å²) in [4.78, 5) is 13.2. The SMILES string of the molecule is O=C(CNc1ccccc1)N1C[C@@H](O)[C@@H](O)C1. The predicted molar refractivity (Wildman–Crippen MR) is 63.5 cm³/mol. The maximum atomic E-state index is 11.8. The highest BCUT2D eigenvalue weighted by atomic mass is 16.3. The number of nitrogens with one attached hydrogen (secondary N) is 1. The summed E-state index contributed by atoms with van der Waals surface area (Å²) in [6, 6.07) is 9.43. The molecule has 1 heterocycles. The van der Waals surface area contributed by atoms with Crippen molar-refractivity contribution in [2.75, 3.05) is 25.0 Å². The number of carbonyl (C=O) groups is 1. The van der Waals surface area contributed by atoms with Crippen molar-refractivity contribution in [2.45, 2.75) is 12.2 Å². The van der Waals surface area contributed by atoms with Crippen LogP contribution in [0.1, 0.15) is 0 Å². The third kappa shape index (κ3) is 2.95. The fraction of sp³-hybridized carbons (Fsp3) is 0.417. The highest BCUT2D eigenvalue weighted by Crippen LogP contribution is 2.10. The number of hydrogen-bond donors (Lipinski definition) is 3. The Balaban J connectivity index is 1.82. The second-order valence-corrected chi connectivity index (χ2v) is 4.15. The Morgan fingerprint density at radius 1 is 1.24 bits per heavy atom. The fourth-order valence-corrected chi connectivity index (χ4v) is 1.82. The first-order valence-corrected chi connectivity index (χ1v) is 5.59. The van der Waals surface area contributed by atoms with Crippen molar-refractivity contribution in [3.63, 3.8) is 0 Å². The van der Waals surface area contributed by atoms with Gasteiger partial charge in [0.25, 0.3) is 0 Å². The van der Waals surface area contributed by atoms with E-state index in [9.17, 15) is 15.0 Å². The van der Waals surface area contributed by atoms with Crippen molar-refractivity contribution in [3.05, 3.63) is 30.3 Å². The monoisotopic (exact) mass is 236 g/mol. The molecule has 17 heavy (non-hydrogen) atoms. The third-order valence-electron chi connectivity index (χ3n) is 2.83. The van der Waals surface area contributed by atoms with E-state index in [1.54, 1.807) is 0 Å². The molecule has 1 aromatic rings. The van der Waals surface area contributed by atoms with Crippen LogP contribution >= 0.6 is 0 Å². The number of nitrogens with zero attached hydrogens (tertiary/aromatic N) is 1. The second kappa shape index (κ2) is 5.16. The molecule has 0 aromatic heterocycles. The lowest BCUT2D eigenvalue weighted by molar-refractivity contribution is -0.128. The molecule has 1 saturated heterocycles. The number of β-amino-alcohol motifs (C(OH)–C–C–N with tert-alkyl or cyclic N) is 2. The maximum Gasteiger partial charge on any atom is 0.242 e. The van der Waals surface area contributed by atoms with E-state index in [0.29, 0.717) is 0 Å². The van der Waals surface area contributed by atoms with Crippen molar-refractivity contribution in [1.82, 2.24) is 4.90 Å². The average Bonchev–Trinajstić information content (AvgIpc) is 2.68. The van der Waals surface area contributed by atoms with E-state index in [0.717, 1.165) is 5.69 Å². The molecule has 1 fully saturated rings. The van der Waals surface area contributed by atoms with Gasteiger partial charge in [-0.05, 0) is 12.1 Å². The highest BCUT2D eigenvalue weighted by Gasteiger charge is 2.32. The van der Waals surface area contributed by atoms with Crippen molar-refractivity contribution in [1.29, 1.82) is 0 Å². The van der Waals surface area contributed by atoms with E-state index < -0.39 is 12.2 Å². The summed E-state index contributed by atoms with van der Waals surface area (Å²) in [5, 5.41) is 21.7. The van der Waals surface area contributed by atoms with Crippen LogP contribution < -0.4 is 5.32 Å². The lowest BCUT2D eigenvalue weighted by Gasteiger charge is -2.16.